The molecule has 1 N–H and O–H groups in total. The van der Waals surface area contributed by atoms with E-state index in [-0.39, 0.29) is 0 Å². The molecule has 0 radical (unpaired) electrons. The second-order valence-electron chi connectivity index (χ2n) is 5.51. The van der Waals surface area contributed by atoms with Gasteiger partial charge in [-0.25, -0.2) is 8.42 Å². The minimum atomic E-state index is -2.80. The molecular weight excluding hydrogens is 260 g/mol. The fourth-order valence-corrected chi connectivity index (χ4v) is 4.28. The summed E-state index contributed by atoms with van der Waals surface area (Å²) < 4.78 is 23.2. The SMILES string of the molecule is O=S1(=O)CCCN(CC2Cc3ccccc3N2)CC1. The van der Waals surface area contributed by atoms with Crippen molar-refractivity contribution in [3.8, 4) is 0 Å². The first-order valence-corrected chi connectivity index (χ1v) is 8.72. The van der Waals surface area contributed by atoms with Gasteiger partial charge in [-0.2, -0.15) is 0 Å². The highest BCUT2D eigenvalue weighted by Gasteiger charge is 2.25. The Morgan fingerprint density at radius 2 is 2.05 bits per heavy atom. The molecule has 5 heteroatoms. The van der Waals surface area contributed by atoms with Gasteiger partial charge < -0.3 is 10.2 Å². The zero-order valence-corrected chi connectivity index (χ0v) is 11.8. The second kappa shape index (κ2) is 5.13. The molecule has 1 aromatic carbocycles. The number of benzene rings is 1. The molecule has 1 aromatic rings. The fraction of sp³-hybridized carbons (Fsp3) is 0.571. The van der Waals surface area contributed by atoms with Crippen molar-refractivity contribution < 1.29 is 8.42 Å². The van der Waals surface area contributed by atoms with Crippen LogP contribution in [0.25, 0.3) is 0 Å². The van der Waals surface area contributed by atoms with Crippen molar-refractivity contribution in [2.45, 2.75) is 18.9 Å². The Morgan fingerprint density at radius 1 is 1.21 bits per heavy atom. The van der Waals surface area contributed by atoms with Gasteiger partial charge in [0.2, 0.25) is 0 Å². The molecule has 3 rings (SSSR count). The van der Waals surface area contributed by atoms with Crippen LogP contribution >= 0.6 is 0 Å². The van der Waals surface area contributed by atoms with Gasteiger partial charge in [0.15, 0.2) is 9.84 Å². The van der Waals surface area contributed by atoms with Crippen molar-refractivity contribution in [2.24, 2.45) is 0 Å². The quantitative estimate of drug-likeness (QED) is 0.883. The lowest BCUT2D eigenvalue weighted by molar-refractivity contribution is 0.283. The summed E-state index contributed by atoms with van der Waals surface area (Å²) in [5, 5.41) is 3.53. The first kappa shape index (κ1) is 12.9. The van der Waals surface area contributed by atoms with Crippen molar-refractivity contribution in [3.05, 3.63) is 29.8 Å². The van der Waals surface area contributed by atoms with E-state index >= 15 is 0 Å². The Morgan fingerprint density at radius 3 is 2.89 bits per heavy atom. The number of rotatable bonds is 2. The molecule has 2 aliphatic rings. The molecule has 1 fully saturated rings. The van der Waals surface area contributed by atoms with E-state index in [0.717, 1.165) is 25.9 Å². The monoisotopic (exact) mass is 280 g/mol. The van der Waals surface area contributed by atoms with Crippen LogP contribution in [0, 0.1) is 0 Å². The smallest absolute Gasteiger partial charge is 0.151 e. The summed E-state index contributed by atoms with van der Waals surface area (Å²) in [4.78, 5) is 2.29. The van der Waals surface area contributed by atoms with Gasteiger partial charge in [-0.15, -0.1) is 0 Å². The average molecular weight is 280 g/mol. The molecule has 2 aliphatic heterocycles. The van der Waals surface area contributed by atoms with Crippen LogP contribution < -0.4 is 5.32 Å². The van der Waals surface area contributed by atoms with Gasteiger partial charge >= 0.3 is 0 Å². The van der Waals surface area contributed by atoms with Crippen LogP contribution in [0.5, 0.6) is 0 Å². The van der Waals surface area contributed by atoms with Crippen LogP contribution in [-0.4, -0.2) is 50.5 Å². The minimum absolute atomic E-state index is 0.312. The molecule has 0 aromatic heterocycles. The number of fused-ring (bicyclic) bond motifs is 1. The normalized spacial score (nSPS) is 26.4. The summed E-state index contributed by atoms with van der Waals surface area (Å²) in [6.45, 7) is 2.51. The Kier molecular flexibility index (Phi) is 3.50. The van der Waals surface area contributed by atoms with Gasteiger partial charge in [-0.05, 0) is 31.0 Å². The van der Waals surface area contributed by atoms with Gasteiger partial charge in [-0.1, -0.05) is 18.2 Å². The van der Waals surface area contributed by atoms with Gasteiger partial charge in [-0.3, -0.25) is 0 Å². The summed E-state index contributed by atoms with van der Waals surface area (Å²) in [5.74, 6) is 0.661. The molecule has 4 nitrogen and oxygen atoms in total. The number of nitrogens with zero attached hydrogens (tertiary/aromatic N) is 1. The van der Waals surface area contributed by atoms with Crippen LogP contribution in [0.4, 0.5) is 5.69 Å². The fourth-order valence-electron chi connectivity index (χ4n) is 2.97. The van der Waals surface area contributed by atoms with Gasteiger partial charge in [0.05, 0.1) is 11.5 Å². The first-order valence-electron chi connectivity index (χ1n) is 6.90. The van der Waals surface area contributed by atoms with Gasteiger partial charge in [0.1, 0.15) is 0 Å². The summed E-state index contributed by atoms with van der Waals surface area (Å²) in [6, 6.07) is 8.81. The number of sulfone groups is 1. The summed E-state index contributed by atoms with van der Waals surface area (Å²) in [5.41, 5.74) is 2.60. The van der Waals surface area contributed by atoms with Crippen LogP contribution in [0.15, 0.2) is 24.3 Å². The zero-order chi connectivity index (χ0) is 13.3. The molecule has 0 amide bonds. The van der Waals surface area contributed by atoms with E-state index in [1.54, 1.807) is 0 Å². The van der Waals surface area contributed by atoms with Crippen LogP contribution in [0.2, 0.25) is 0 Å². The Hall–Kier alpha value is -1.07. The number of para-hydroxylation sites is 1. The Bertz CT molecular complexity index is 531. The maximum Gasteiger partial charge on any atom is 0.151 e. The van der Waals surface area contributed by atoms with Crippen molar-refractivity contribution in [3.63, 3.8) is 0 Å². The molecule has 2 heterocycles. The van der Waals surface area contributed by atoms with Crippen molar-refractivity contribution in [1.82, 2.24) is 4.90 Å². The molecule has 1 atom stereocenters. The summed E-state index contributed by atoms with van der Waals surface area (Å²) in [6.07, 6.45) is 1.81. The number of hydrogen-bond acceptors (Lipinski definition) is 4. The number of nitrogens with one attached hydrogen (secondary N) is 1. The maximum absolute atomic E-state index is 11.6. The lowest BCUT2D eigenvalue weighted by Gasteiger charge is -2.23. The third kappa shape index (κ3) is 3.09. The summed E-state index contributed by atoms with van der Waals surface area (Å²) >= 11 is 0. The molecule has 0 saturated carbocycles. The number of anilines is 1. The largest absolute Gasteiger partial charge is 0.380 e. The van der Waals surface area contributed by atoms with E-state index < -0.39 is 9.84 Å². The predicted molar refractivity (Wildman–Crippen MR) is 77.3 cm³/mol. The van der Waals surface area contributed by atoms with Crippen molar-refractivity contribution in [2.75, 3.05) is 36.5 Å². The van der Waals surface area contributed by atoms with Crippen molar-refractivity contribution >= 4 is 15.5 Å². The topological polar surface area (TPSA) is 49.4 Å². The van der Waals surface area contributed by atoms with Crippen molar-refractivity contribution in [1.29, 1.82) is 0 Å². The lowest BCUT2D eigenvalue weighted by atomic mass is 10.1. The third-order valence-corrected chi connectivity index (χ3v) is 5.69. The highest BCUT2D eigenvalue weighted by atomic mass is 32.2. The third-order valence-electron chi connectivity index (χ3n) is 3.97. The molecular formula is C14H20N2O2S. The van der Waals surface area contributed by atoms with Gasteiger partial charge in [0.25, 0.3) is 0 Å². The molecule has 0 aliphatic carbocycles. The van der Waals surface area contributed by atoms with E-state index in [1.165, 1.54) is 11.3 Å². The first-order chi connectivity index (χ1) is 9.12. The average Bonchev–Trinajstić information content (AvgIpc) is 2.69. The molecule has 19 heavy (non-hydrogen) atoms. The Labute approximate surface area is 114 Å². The molecule has 0 bridgehead atoms. The van der Waals surface area contributed by atoms with E-state index in [1.807, 2.05) is 6.07 Å². The second-order valence-corrected chi connectivity index (χ2v) is 7.81. The van der Waals surface area contributed by atoms with E-state index in [4.69, 9.17) is 0 Å². The van der Waals surface area contributed by atoms with E-state index in [0.29, 0.717) is 24.1 Å². The van der Waals surface area contributed by atoms with Crippen LogP contribution in [0.3, 0.4) is 0 Å². The molecule has 1 unspecified atom stereocenters. The Balaban J connectivity index is 1.59. The summed E-state index contributed by atoms with van der Waals surface area (Å²) in [7, 11) is -2.80. The highest BCUT2D eigenvalue weighted by Crippen LogP contribution is 2.25. The molecule has 104 valence electrons. The maximum atomic E-state index is 11.6. The van der Waals surface area contributed by atoms with Gasteiger partial charge in [0, 0.05) is 24.8 Å². The molecule has 1 saturated heterocycles. The standard InChI is InChI=1S/C14H20N2O2S/c17-19(18)8-3-6-16(7-9-19)11-13-10-12-4-1-2-5-14(12)15-13/h1-2,4-5,13,15H,3,6-11H2. The highest BCUT2D eigenvalue weighted by molar-refractivity contribution is 7.91. The minimum Gasteiger partial charge on any atom is -0.380 e. The lowest BCUT2D eigenvalue weighted by Crippen LogP contribution is -2.37. The van der Waals surface area contributed by atoms with E-state index in [2.05, 4.69) is 28.4 Å². The zero-order valence-electron chi connectivity index (χ0n) is 11.0. The van der Waals surface area contributed by atoms with E-state index in [9.17, 15) is 8.42 Å². The van der Waals surface area contributed by atoms with Crippen LogP contribution in [-0.2, 0) is 16.3 Å². The van der Waals surface area contributed by atoms with Crippen LogP contribution in [0.1, 0.15) is 12.0 Å². The predicted octanol–water partition coefficient (Wildman–Crippen LogP) is 1.14. The molecule has 0 spiro atoms. The number of hydrogen-bond donors (Lipinski definition) is 1.